The second-order valence-corrected chi connectivity index (χ2v) is 7.29. The fraction of sp³-hybridized carbons (Fsp3) is 0.556. The van der Waals surface area contributed by atoms with Crippen LogP contribution in [0, 0.1) is 0 Å². The number of hydrogen-bond donors (Lipinski definition) is 1. The fourth-order valence-electron chi connectivity index (χ4n) is 3.01. The van der Waals surface area contributed by atoms with Crippen molar-refractivity contribution in [3.8, 4) is 0 Å². The van der Waals surface area contributed by atoms with Gasteiger partial charge in [-0.2, -0.15) is 4.98 Å². The van der Waals surface area contributed by atoms with Gasteiger partial charge in [0.15, 0.2) is 5.58 Å². The number of aromatic nitrogens is 1. The first-order valence-corrected chi connectivity index (χ1v) is 8.45. The highest BCUT2D eigenvalue weighted by Gasteiger charge is 2.34. The van der Waals surface area contributed by atoms with Crippen molar-refractivity contribution >= 4 is 23.2 Å². The molecule has 3 rings (SSSR count). The number of rotatable bonds is 2. The highest BCUT2D eigenvalue weighted by atomic mass is 16.6. The zero-order valence-corrected chi connectivity index (χ0v) is 14.7. The van der Waals surface area contributed by atoms with Gasteiger partial charge in [0, 0.05) is 6.54 Å². The van der Waals surface area contributed by atoms with E-state index in [1.807, 2.05) is 52.0 Å². The van der Waals surface area contributed by atoms with E-state index in [1.165, 1.54) is 0 Å². The Morgan fingerprint density at radius 3 is 2.83 bits per heavy atom. The SMILES string of the molecule is CC1C(Nc2nc3ccccc3o2)CCCN1C(=O)OC(C)(C)C. The van der Waals surface area contributed by atoms with Gasteiger partial charge >= 0.3 is 6.09 Å². The normalized spacial score (nSPS) is 21.8. The number of likely N-dealkylation sites (tertiary alicyclic amines) is 1. The molecular weight excluding hydrogens is 306 g/mol. The number of nitrogens with zero attached hydrogens (tertiary/aromatic N) is 2. The molecule has 6 nitrogen and oxygen atoms in total. The third kappa shape index (κ3) is 3.63. The van der Waals surface area contributed by atoms with Crippen molar-refractivity contribution < 1.29 is 13.9 Å². The van der Waals surface area contributed by atoms with Crippen LogP contribution in [-0.2, 0) is 4.74 Å². The zero-order chi connectivity index (χ0) is 17.3. The summed E-state index contributed by atoms with van der Waals surface area (Å²) < 4.78 is 11.3. The van der Waals surface area contributed by atoms with E-state index in [1.54, 1.807) is 4.90 Å². The third-order valence-corrected chi connectivity index (χ3v) is 4.22. The Morgan fingerprint density at radius 1 is 1.38 bits per heavy atom. The van der Waals surface area contributed by atoms with Gasteiger partial charge in [0.25, 0.3) is 6.01 Å². The fourth-order valence-corrected chi connectivity index (χ4v) is 3.01. The molecule has 24 heavy (non-hydrogen) atoms. The smallest absolute Gasteiger partial charge is 0.410 e. The first-order valence-electron chi connectivity index (χ1n) is 8.45. The molecule has 1 N–H and O–H groups in total. The van der Waals surface area contributed by atoms with Crippen LogP contribution in [0.15, 0.2) is 28.7 Å². The molecule has 1 amide bonds. The predicted molar refractivity (Wildman–Crippen MR) is 93.1 cm³/mol. The molecule has 0 radical (unpaired) electrons. The molecule has 2 atom stereocenters. The minimum absolute atomic E-state index is 0.00334. The first-order chi connectivity index (χ1) is 11.3. The van der Waals surface area contributed by atoms with Gasteiger partial charge in [-0.05, 0) is 52.7 Å². The quantitative estimate of drug-likeness (QED) is 0.900. The summed E-state index contributed by atoms with van der Waals surface area (Å²) in [7, 11) is 0. The number of nitrogens with one attached hydrogen (secondary N) is 1. The molecule has 2 unspecified atom stereocenters. The van der Waals surface area contributed by atoms with Crippen molar-refractivity contribution in [2.45, 2.75) is 58.2 Å². The van der Waals surface area contributed by atoms with Crippen molar-refractivity contribution in [2.75, 3.05) is 11.9 Å². The Balaban J connectivity index is 1.70. The lowest BCUT2D eigenvalue weighted by Crippen LogP contribution is -2.53. The molecule has 1 aromatic carbocycles. The molecule has 1 aromatic heterocycles. The van der Waals surface area contributed by atoms with Crippen molar-refractivity contribution in [1.29, 1.82) is 0 Å². The average Bonchev–Trinajstić information content (AvgIpc) is 2.89. The second kappa shape index (κ2) is 6.34. The van der Waals surface area contributed by atoms with E-state index >= 15 is 0 Å². The van der Waals surface area contributed by atoms with E-state index < -0.39 is 5.60 Å². The van der Waals surface area contributed by atoms with Crippen LogP contribution < -0.4 is 5.32 Å². The van der Waals surface area contributed by atoms with Crippen LogP contribution in [0.3, 0.4) is 0 Å². The van der Waals surface area contributed by atoms with Gasteiger partial charge in [0.1, 0.15) is 11.1 Å². The van der Waals surface area contributed by atoms with E-state index in [9.17, 15) is 4.79 Å². The van der Waals surface area contributed by atoms with E-state index in [0.717, 1.165) is 23.9 Å². The summed E-state index contributed by atoms with van der Waals surface area (Å²) in [6.07, 6.45) is 1.61. The van der Waals surface area contributed by atoms with Gasteiger partial charge in [-0.15, -0.1) is 0 Å². The van der Waals surface area contributed by atoms with E-state index in [4.69, 9.17) is 9.15 Å². The highest BCUT2D eigenvalue weighted by Crippen LogP contribution is 2.25. The summed E-state index contributed by atoms with van der Waals surface area (Å²) in [6, 6.07) is 8.25. The number of oxazole rings is 1. The third-order valence-electron chi connectivity index (χ3n) is 4.22. The molecule has 1 aliphatic rings. The lowest BCUT2D eigenvalue weighted by molar-refractivity contribution is 0.0103. The summed E-state index contributed by atoms with van der Waals surface area (Å²) in [4.78, 5) is 18.6. The molecule has 130 valence electrons. The van der Waals surface area contributed by atoms with Gasteiger partial charge in [-0.3, -0.25) is 0 Å². The molecule has 1 saturated heterocycles. The standard InChI is InChI=1S/C18H25N3O3/c1-12-13(9-7-11-21(12)17(22)24-18(2,3)4)19-16-20-14-8-5-6-10-15(14)23-16/h5-6,8,10,12-13H,7,9,11H2,1-4H3,(H,19,20). The van der Waals surface area contributed by atoms with Crippen LogP contribution in [0.5, 0.6) is 0 Å². The summed E-state index contributed by atoms with van der Waals surface area (Å²) >= 11 is 0. The largest absolute Gasteiger partial charge is 0.444 e. The Kier molecular flexibility index (Phi) is 4.39. The number of amides is 1. The summed E-state index contributed by atoms with van der Waals surface area (Å²) in [5.41, 5.74) is 1.09. The maximum absolute atomic E-state index is 12.4. The van der Waals surface area contributed by atoms with Gasteiger partial charge in [0.2, 0.25) is 0 Å². The Hall–Kier alpha value is -2.24. The average molecular weight is 331 g/mol. The molecule has 0 bridgehead atoms. The second-order valence-electron chi connectivity index (χ2n) is 7.29. The van der Waals surface area contributed by atoms with Crippen LogP contribution in [-0.4, -0.2) is 40.2 Å². The minimum Gasteiger partial charge on any atom is -0.444 e. The molecule has 0 aliphatic carbocycles. The van der Waals surface area contributed by atoms with Gasteiger partial charge in [0.05, 0.1) is 12.1 Å². The number of anilines is 1. The van der Waals surface area contributed by atoms with Crippen LogP contribution in [0.2, 0.25) is 0 Å². The summed E-state index contributed by atoms with van der Waals surface area (Å²) in [6.45, 7) is 8.39. The lowest BCUT2D eigenvalue weighted by Gasteiger charge is -2.39. The number of benzene rings is 1. The van der Waals surface area contributed by atoms with Crippen molar-refractivity contribution in [3.63, 3.8) is 0 Å². The van der Waals surface area contributed by atoms with Gasteiger partial charge in [-0.1, -0.05) is 12.1 Å². The highest BCUT2D eigenvalue weighted by molar-refractivity contribution is 5.74. The zero-order valence-electron chi connectivity index (χ0n) is 14.7. The summed E-state index contributed by atoms with van der Waals surface area (Å²) in [5.74, 6) is 0. The van der Waals surface area contributed by atoms with Gasteiger partial charge < -0.3 is 19.4 Å². The molecule has 1 aliphatic heterocycles. The lowest BCUT2D eigenvalue weighted by atomic mass is 9.98. The minimum atomic E-state index is -0.489. The predicted octanol–water partition coefficient (Wildman–Crippen LogP) is 4.03. The Bertz CT molecular complexity index is 687. The van der Waals surface area contributed by atoms with Crippen LogP contribution in [0.1, 0.15) is 40.5 Å². The number of carbonyl (C=O) groups is 1. The van der Waals surface area contributed by atoms with E-state index in [0.29, 0.717) is 12.6 Å². The number of carbonyl (C=O) groups excluding carboxylic acids is 1. The number of para-hydroxylation sites is 2. The maximum Gasteiger partial charge on any atom is 0.410 e. The van der Waals surface area contributed by atoms with Crippen LogP contribution in [0.4, 0.5) is 10.8 Å². The topological polar surface area (TPSA) is 67.6 Å². The van der Waals surface area contributed by atoms with Crippen LogP contribution >= 0.6 is 0 Å². The van der Waals surface area contributed by atoms with Crippen molar-refractivity contribution in [3.05, 3.63) is 24.3 Å². The molecule has 0 spiro atoms. The van der Waals surface area contributed by atoms with Crippen LogP contribution in [0.25, 0.3) is 11.1 Å². The first kappa shape index (κ1) is 16.6. The van der Waals surface area contributed by atoms with E-state index in [-0.39, 0.29) is 18.2 Å². The molecule has 2 aromatic rings. The van der Waals surface area contributed by atoms with Crippen molar-refractivity contribution in [1.82, 2.24) is 9.88 Å². The maximum atomic E-state index is 12.4. The number of piperidine rings is 1. The molecule has 1 fully saturated rings. The number of ether oxygens (including phenoxy) is 1. The Labute approximate surface area is 142 Å². The molecular formula is C18H25N3O3. The molecule has 2 heterocycles. The Morgan fingerprint density at radius 2 is 2.12 bits per heavy atom. The van der Waals surface area contributed by atoms with E-state index in [2.05, 4.69) is 10.3 Å². The monoisotopic (exact) mass is 331 g/mol. The number of fused-ring (bicyclic) bond motifs is 1. The molecule has 6 heteroatoms. The molecule has 0 saturated carbocycles. The van der Waals surface area contributed by atoms with Crippen molar-refractivity contribution in [2.24, 2.45) is 0 Å². The van der Waals surface area contributed by atoms with Gasteiger partial charge in [-0.25, -0.2) is 4.79 Å². The number of hydrogen-bond acceptors (Lipinski definition) is 5. The summed E-state index contributed by atoms with van der Waals surface area (Å²) in [5, 5.41) is 3.34.